The van der Waals surface area contributed by atoms with E-state index < -0.39 is 4.92 Å². The van der Waals surface area contributed by atoms with Gasteiger partial charge in [-0.2, -0.15) is 0 Å². The van der Waals surface area contributed by atoms with Crippen molar-refractivity contribution in [3.8, 4) is 11.5 Å². The summed E-state index contributed by atoms with van der Waals surface area (Å²) in [6.07, 6.45) is 0.152. The van der Waals surface area contributed by atoms with Crippen LogP contribution >= 0.6 is 0 Å². The lowest BCUT2D eigenvalue weighted by Gasteiger charge is -2.21. The van der Waals surface area contributed by atoms with Gasteiger partial charge in [0.15, 0.2) is 17.3 Å². The summed E-state index contributed by atoms with van der Waals surface area (Å²) in [5.74, 6) is 1.32. The van der Waals surface area contributed by atoms with E-state index in [0.29, 0.717) is 28.7 Å². The number of ketones is 1. The molecule has 0 aliphatic carbocycles. The van der Waals surface area contributed by atoms with Gasteiger partial charge < -0.3 is 14.8 Å². The average molecular weight is 449 g/mol. The van der Waals surface area contributed by atoms with Crippen molar-refractivity contribution < 1.29 is 19.2 Å². The molecular formula is C26H28N2O5. The second-order valence-corrected chi connectivity index (χ2v) is 8.02. The number of carbonyl (C=O) groups excluding carboxylic acids is 1. The number of hydrogen-bond donors (Lipinski definition) is 1. The van der Waals surface area contributed by atoms with Gasteiger partial charge in [-0.3, -0.25) is 14.9 Å². The van der Waals surface area contributed by atoms with Crippen molar-refractivity contribution in [2.75, 3.05) is 19.5 Å². The van der Waals surface area contributed by atoms with Gasteiger partial charge in [-0.1, -0.05) is 44.2 Å². The number of nitro benzene ring substituents is 1. The molecular weight excluding hydrogens is 420 g/mol. The first kappa shape index (κ1) is 23.8. The number of ether oxygens (including phenoxy) is 2. The van der Waals surface area contributed by atoms with Crippen LogP contribution in [-0.4, -0.2) is 24.9 Å². The molecule has 0 fully saturated rings. The topological polar surface area (TPSA) is 90.7 Å². The summed E-state index contributed by atoms with van der Waals surface area (Å²) >= 11 is 0. The molecule has 33 heavy (non-hydrogen) atoms. The minimum Gasteiger partial charge on any atom is -0.493 e. The van der Waals surface area contributed by atoms with Gasteiger partial charge in [0.1, 0.15) is 0 Å². The molecule has 0 heterocycles. The predicted molar refractivity (Wildman–Crippen MR) is 128 cm³/mol. The zero-order valence-corrected chi connectivity index (χ0v) is 19.2. The molecule has 0 aliphatic heterocycles. The first-order valence-corrected chi connectivity index (χ1v) is 10.7. The maximum atomic E-state index is 13.2. The summed E-state index contributed by atoms with van der Waals surface area (Å²) in [6, 6.07) is 19.0. The maximum absolute atomic E-state index is 13.2. The Hall–Kier alpha value is -3.87. The number of nitrogens with one attached hydrogen (secondary N) is 1. The lowest BCUT2D eigenvalue weighted by molar-refractivity contribution is -0.384. The van der Waals surface area contributed by atoms with E-state index in [9.17, 15) is 14.9 Å². The van der Waals surface area contributed by atoms with Crippen molar-refractivity contribution in [1.29, 1.82) is 0 Å². The number of nitro groups is 1. The van der Waals surface area contributed by atoms with E-state index in [1.54, 1.807) is 37.4 Å². The number of nitrogens with zero attached hydrogens (tertiary/aromatic N) is 1. The summed E-state index contributed by atoms with van der Waals surface area (Å²) in [6.45, 7) is 4.24. The highest BCUT2D eigenvalue weighted by Gasteiger charge is 2.20. The number of carbonyl (C=O) groups is 1. The maximum Gasteiger partial charge on any atom is 0.271 e. The van der Waals surface area contributed by atoms with E-state index in [1.165, 1.54) is 24.8 Å². The van der Waals surface area contributed by atoms with Gasteiger partial charge >= 0.3 is 0 Å². The quantitative estimate of drug-likeness (QED) is 0.227. The van der Waals surface area contributed by atoms with Gasteiger partial charge in [-0.15, -0.1) is 0 Å². The third-order valence-corrected chi connectivity index (χ3v) is 5.50. The molecule has 0 bridgehead atoms. The number of benzene rings is 3. The zero-order chi connectivity index (χ0) is 24.0. The van der Waals surface area contributed by atoms with Gasteiger partial charge in [-0.05, 0) is 41.3 Å². The van der Waals surface area contributed by atoms with Crippen LogP contribution < -0.4 is 14.8 Å². The fourth-order valence-corrected chi connectivity index (χ4v) is 3.59. The number of rotatable bonds is 10. The van der Waals surface area contributed by atoms with E-state index in [-0.39, 0.29) is 23.9 Å². The highest BCUT2D eigenvalue weighted by atomic mass is 16.6. The fraction of sp³-hybridized carbons (Fsp3) is 0.269. The van der Waals surface area contributed by atoms with E-state index >= 15 is 0 Å². The van der Waals surface area contributed by atoms with E-state index in [0.717, 1.165) is 5.56 Å². The Balaban J connectivity index is 1.92. The van der Waals surface area contributed by atoms with E-state index in [4.69, 9.17) is 9.47 Å². The van der Waals surface area contributed by atoms with Crippen LogP contribution in [0, 0.1) is 10.1 Å². The molecule has 1 atom stereocenters. The number of hydrogen-bond acceptors (Lipinski definition) is 6. The van der Waals surface area contributed by atoms with E-state index in [2.05, 4.69) is 19.2 Å². The molecule has 0 amide bonds. The third-order valence-electron chi connectivity index (χ3n) is 5.50. The van der Waals surface area contributed by atoms with Gasteiger partial charge in [0.05, 0.1) is 25.2 Å². The Kier molecular flexibility index (Phi) is 7.66. The normalized spacial score (nSPS) is 11.7. The second kappa shape index (κ2) is 10.6. The van der Waals surface area contributed by atoms with E-state index in [1.807, 2.05) is 24.3 Å². The minimum absolute atomic E-state index is 0.0138. The minimum atomic E-state index is -0.438. The molecule has 0 spiro atoms. The molecule has 172 valence electrons. The van der Waals surface area contributed by atoms with Crippen LogP contribution in [0.25, 0.3) is 0 Å². The van der Waals surface area contributed by atoms with Crippen molar-refractivity contribution in [2.24, 2.45) is 0 Å². The van der Waals surface area contributed by atoms with Gasteiger partial charge in [0, 0.05) is 29.8 Å². The van der Waals surface area contributed by atoms with Crippen LogP contribution in [0.15, 0.2) is 66.7 Å². The lowest BCUT2D eigenvalue weighted by atomic mass is 9.94. The molecule has 3 aromatic rings. The standard InChI is InChI=1S/C26H28N2O5/c1-17(2)18-8-10-19(11-9-18)23(27-21-6-5-7-22(15-21)28(30)31)16-24(29)20-12-13-25(32-3)26(14-20)33-4/h5-15,17,23,27H,16H2,1-4H3. The number of anilines is 1. The Morgan fingerprint density at radius 3 is 2.21 bits per heavy atom. The molecule has 3 aromatic carbocycles. The molecule has 0 radical (unpaired) electrons. The summed E-state index contributed by atoms with van der Waals surface area (Å²) in [7, 11) is 3.06. The summed E-state index contributed by atoms with van der Waals surface area (Å²) in [5.41, 5.74) is 3.17. The smallest absolute Gasteiger partial charge is 0.271 e. The van der Waals surface area contributed by atoms with Crippen LogP contribution in [0.1, 0.15) is 53.7 Å². The number of methoxy groups -OCH3 is 2. The summed E-state index contributed by atoms with van der Waals surface area (Å²) in [4.78, 5) is 23.9. The Morgan fingerprint density at radius 1 is 0.939 bits per heavy atom. The SMILES string of the molecule is COc1ccc(C(=O)CC(Nc2cccc([N+](=O)[O-])c2)c2ccc(C(C)C)cc2)cc1OC. The van der Waals surface area contributed by atoms with Gasteiger partial charge in [0.25, 0.3) is 5.69 Å². The molecule has 3 rings (SSSR count). The van der Waals surface area contributed by atoms with Crippen LogP contribution in [0.2, 0.25) is 0 Å². The fourth-order valence-electron chi connectivity index (χ4n) is 3.59. The second-order valence-electron chi connectivity index (χ2n) is 8.02. The van der Waals surface area contributed by atoms with Crippen LogP contribution in [0.5, 0.6) is 11.5 Å². The van der Waals surface area contributed by atoms with Crippen molar-refractivity contribution >= 4 is 17.2 Å². The molecule has 1 unspecified atom stereocenters. The van der Waals surface area contributed by atoms with Crippen molar-refractivity contribution in [1.82, 2.24) is 0 Å². The Morgan fingerprint density at radius 2 is 1.61 bits per heavy atom. The first-order chi connectivity index (χ1) is 15.8. The Bertz CT molecular complexity index is 1130. The number of Topliss-reactive ketones (excluding diaryl/α,β-unsaturated/α-hetero) is 1. The van der Waals surface area contributed by atoms with Crippen LogP contribution in [-0.2, 0) is 0 Å². The highest BCUT2D eigenvalue weighted by Crippen LogP contribution is 2.31. The predicted octanol–water partition coefficient (Wildman–Crippen LogP) is 6.16. The monoisotopic (exact) mass is 448 g/mol. The third kappa shape index (κ3) is 5.88. The summed E-state index contributed by atoms with van der Waals surface area (Å²) < 4.78 is 10.6. The molecule has 0 saturated heterocycles. The van der Waals surface area contributed by atoms with Crippen molar-refractivity contribution in [3.05, 3.63) is 93.5 Å². The summed E-state index contributed by atoms with van der Waals surface area (Å²) in [5, 5.41) is 14.5. The van der Waals surface area contributed by atoms with Crippen molar-refractivity contribution in [2.45, 2.75) is 32.2 Å². The van der Waals surface area contributed by atoms with Gasteiger partial charge in [0.2, 0.25) is 0 Å². The number of non-ortho nitro benzene ring substituents is 1. The van der Waals surface area contributed by atoms with Crippen molar-refractivity contribution in [3.63, 3.8) is 0 Å². The molecule has 0 saturated carbocycles. The first-order valence-electron chi connectivity index (χ1n) is 10.7. The molecule has 7 heteroatoms. The van der Waals surface area contributed by atoms with Crippen LogP contribution in [0.4, 0.5) is 11.4 Å². The van der Waals surface area contributed by atoms with Gasteiger partial charge in [-0.25, -0.2) is 0 Å². The molecule has 0 aliphatic rings. The molecule has 0 aromatic heterocycles. The molecule has 1 N–H and O–H groups in total. The highest BCUT2D eigenvalue weighted by molar-refractivity contribution is 5.97. The average Bonchev–Trinajstić information content (AvgIpc) is 2.83. The van der Waals surface area contributed by atoms with Crippen LogP contribution in [0.3, 0.4) is 0 Å². The lowest BCUT2D eigenvalue weighted by Crippen LogP contribution is -2.16. The zero-order valence-electron chi connectivity index (χ0n) is 19.2. The molecule has 7 nitrogen and oxygen atoms in total. The largest absolute Gasteiger partial charge is 0.493 e. The Labute approximate surface area is 193 Å².